The molecule has 0 N–H and O–H groups in total. The lowest BCUT2D eigenvalue weighted by Crippen LogP contribution is -2.07. The fourth-order valence-corrected chi connectivity index (χ4v) is 0.864. The van der Waals surface area contributed by atoms with Crippen LogP contribution in [0.2, 0.25) is 0 Å². The molecule has 1 heterocycles. The first-order valence-corrected chi connectivity index (χ1v) is 3.77. The third-order valence-electron chi connectivity index (χ3n) is 1.65. The van der Waals surface area contributed by atoms with Crippen LogP contribution in [0, 0.1) is 6.92 Å². The van der Waals surface area contributed by atoms with Gasteiger partial charge in [0.2, 0.25) is 0 Å². The van der Waals surface area contributed by atoms with Crippen molar-refractivity contribution in [3.05, 3.63) is 36.5 Å². The Morgan fingerprint density at radius 2 is 2.00 bits per heavy atom. The molecule has 13 heavy (non-hydrogen) atoms. The average Bonchev–Trinajstić information content (AvgIpc) is 2.03. The minimum absolute atomic E-state index is 0.0465. The highest BCUT2D eigenvalue weighted by molar-refractivity contribution is 5.19. The predicted octanol–water partition coefficient (Wildman–Crippen LogP) is 3.04. The Hall–Kier alpha value is -1.06. The largest absolute Gasteiger partial charge is 0.433 e. The zero-order valence-corrected chi connectivity index (χ0v) is 7.10. The second kappa shape index (κ2) is 3.36. The highest BCUT2D eigenvalue weighted by atomic mass is 19.4. The van der Waals surface area contributed by atoms with Crippen LogP contribution in [0.4, 0.5) is 13.2 Å². The van der Waals surface area contributed by atoms with Crippen LogP contribution >= 0.6 is 0 Å². The number of alkyl halides is 3. The lowest BCUT2D eigenvalue weighted by atomic mass is 10.1. The van der Waals surface area contributed by atoms with E-state index in [1.807, 2.05) is 0 Å². The fourth-order valence-electron chi connectivity index (χ4n) is 0.864. The van der Waals surface area contributed by atoms with Crippen molar-refractivity contribution >= 4 is 0 Å². The normalized spacial score (nSPS) is 12.2. The van der Waals surface area contributed by atoms with Crippen LogP contribution in [-0.2, 0) is 6.18 Å². The summed E-state index contributed by atoms with van der Waals surface area (Å²) in [7, 11) is 0. The van der Waals surface area contributed by atoms with E-state index >= 15 is 0 Å². The maximum absolute atomic E-state index is 12.0. The van der Waals surface area contributed by atoms with E-state index < -0.39 is 11.9 Å². The van der Waals surface area contributed by atoms with E-state index in [1.165, 1.54) is 12.3 Å². The molecule has 1 unspecified atom stereocenters. The molecule has 4 heteroatoms. The summed E-state index contributed by atoms with van der Waals surface area (Å²) in [5.41, 5.74) is -0.162. The van der Waals surface area contributed by atoms with Crippen LogP contribution in [0.1, 0.15) is 24.1 Å². The summed E-state index contributed by atoms with van der Waals surface area (Å²) in [6.45, 7) is 5.48. The van der Waals surface area contributed by atoms with E-state index in [1.54, 1.807) is 6.92 Å². The summed E-state index contributed by atoms with van der Waals surface area (Å²) in [6, 6.07) is 2.37. The van der Waals surface area contributed by atoms with E-state index in [0.29, 0.717) is 5.56 Å². The van der Waals surface area contributed by atoms with Gasteiger partial charge in [-0.3, -0.25) is 4.98 Å². The van der Waals surface area contributed by atoms with Gasteiger partial charge in [-0.15, -0.1) is 0 Å². The van der Waals surface area contributed by atoms with Gasteiger partial charge < -0.3 is 0 Å². The van der Waals surface area contributed by atoms with Gasteiger partial charge in [0.25, 0.3) is 0 Å². The molecule has 0 saturated carbocycles. The van der Waals surface area contributed by atoms with Crippen LogP contribution in [0.5, 0.6) is 0 Å². The minimum Gasteiger partial charge on any atom is -0.251 e. The molecular formula is C9H9F3N. The number of hydrogen-bond donors (Lipinski definition) is 0. The molecule has 1 aromatic rings. The summed E-state index contributed by atoms with van der Waals surface area (Å²) >= 11 is 0. The Labute approximate surface area is 74.6 Å². The molecule has 0 aliphatic heterocycles. The van der Waals surface area contributed by atoms with Gasteiger partial charge in [-0.05, 0) is 24.5 Å². The van der Waals surface area contributed by atoms with Crippen molar-refractivity contribution in [2.75, 3.05) is 0 Å². The number of rotatable bonds is 1. The van der Waals surface area contributed by atoms with Crippen LogP contribution in [-0.4, -0.2) is 4.98 Å². The fraction of sp³-hybridized carbons (Fsp3) is 0.333. The van der Waals surface area contributed by atoms with Gasteiger partial charge in [0.05, 0.1) is 0 Å². The highest BCUT2D eigenvalue weighted by Crippen LogP contribution is 2.27. The Balaban J connectivity index is 2.94. The molecule has 0 aliphatic rings. The Kier molecular flexibility index (Phi) is 2.59. The first kappa shape index (κ1) is 10.0. The van der Waals surface area contributed by atoms with Crippen LogP contribution < -0.4 is 0 Å². The number of nitrogens with zero attached hydrogens (tertiary/aromatic N) is 1. The summed E-state index contributed by atoms with van der Waals surface area (Å²) in [5, 5.41) is 0. The molecule has 1 aromatic heterocycles. The van der Waals surface area contributed by atoms with Crippen molar-refractivity contribution in [2.24, 2.45) is 0 Å². The molecule has 0 fully saturated rings. The van der Waals surface area contributed by atoms with E-state index in [0.717, 1.165) is 6.07 Å². The van der Waals surface area contributed by atoms with Crippen LogP contribution in [0.3, 0.4) is 0 Å². The van der Waals surface area contributed by atoms with Crippen LogP contribution in [0.15, 0.2) is 18.3 Å². The van der Waals surface area contributed by atoms with Crippen molar-refractivity contribution in [1.82, 2.24) is 4.98 Å². The van der Waals surface area contributed by atoms with Crippen molar-refractivity contribution < 1.29 is 13.2 Å². The highest BCUT2D eigenvalue weighted by Gasteiger charge is 2.31. The van der Waals surface area contributed by atoms with Crippen molar-refractivity contribution in [3.8, 4) is 0 Å². The minimum atomic E-state index is -4.36. The monoisotopic (exact) mass is 188 g/mol. The van der Waals surface area contributed by atoms with E-state index in [2.05, 4.69) is 11.9 Å². The van der Waals surface area contributed by atoms with Crippen molar-refractivity contribution in [3.63, 3.8) is 0 Å². The third kappa shape index (κ3) is 2.44. The van der Waals surface area contributed by atoms with E-state index in [-0.39, 0.29) is 5.92 Å². The Morgan fingerprint density at radius 1 is 1.38 bits per heavy atom. The van der Waals surface area contributed by atoms with Gasteiger partial charge in [-0.25, -0.2) is 0 Å². The maximum Gasteiger partial charge on any atom is 0.433 e. The first-order chi connectivity index (χ1) is 5.91. The smallest absolute Gasteiger partial charge is 0.251 e. The number of hydrogen-bond acceptors (Lipinski definition) is 1. The van der Waals surface area contributed by atoms with Gasteiger partial charge in [0, 0.05) is 6.20 Å². The average molecular weight is 188 g/mol. The maximum atomic E-state index is 12.0. The van der Waals surface area contributed by atoms with Crippen molar-refractivity contribution in [1.29, 1.82) is 0 Å². The molecular weight excluding hydrogens is 179 g/mol. The summed E-state index contributed by atoms with van der Waals surface area (Å²) < 4.78 is 36.1. The zero-order chi connectivity index (χ0) is 10.1. The molecule has 0 amide bonds. The van der Waals surface area contributed by atoms with E-state index in [4.69, 9.17) is 0 Å². The molecule has 71 valence electrons. The standard InChI is InChI=1S/C9H9F3N/c1-6(2)7-3-4-8(13-5-7)9(10,11)12/h3-6H,1H2,2H3. The molecule has 1 atom stereocenters. The van der Waals surface area contributed by atoms with E-state index in [9.17, 15) is 13.2 Å². The number of pyridine rings is 1. The molecule has 0 saturated heterocycles. The third-order valence-corrected chi connectivity index (χ3v) is 1.65. The zero-order valence-electron chi connectivity index (χ0n) is 7.10. The van der Waals surface area contributed by atoms with Gasteiger partial charge in [0.15, 0.2) is 0 Å². The van der Waals surface area contributed by atoms with Gasteiger partial charge in [0.1, 0.15) is 5.69 Å². The van der Waals surface area contributed by atoms with Gasteiger partial charge in [-0.1, -0.05) is 13.0 Å². The molecule has 0 aliphatic carbocycles. The summed E-state index contributed by atoms with van der Waals surface area (Å²) in [6.07, 6.45) is -3.15. The molecule has 1 radical (unpaired) electrons. The Bertz CT molecular complexity index is 274. The van der Waals surface area contributed by atoms with Crippen molar-refractivity contribution in [2.45, 2.75) is 19.0 Å². The lowest BCUT2D eigenvalue weighted by Gasteiger charge is -2.07. The van der Waals surface area contributed by atoms with Gasteiger partial charge >= 0.3 is 6.18 Å². The second-order valence-electron chi connectivity index (χ2n) is 2.88. The molecule has 0 bridgehead atoms. The van der Waals surface area contributed by atoms with Crippen LogP contribution in [0.25, 0.3) is 0 Å². The molecule has 1 nitrogen and oxygen atoms in total. The lowest BCUT2D eigenvalue weighted by molar-refractivity contribution is -0.141. The predicted molar refractivity (Wildman–Crippen MR) is 43.0 cm³/mol. The number of aromatic nitrogens is 1. The Morgan fingerprint density at radius 3 is 2.31 bits per heavy atom. The quantitative estimate of drug-likeness (QED) is 0.660. The molecule has 1 rings (SSSR count). The molecule has 0 spiro atoms. The molecule has 0 aromatic carbocycles. The topological polar surface area (TPSA) is 12.9 Å². The summed E-state index contributed by atoms with van der Waals surface area (Å²) in [5.74, 6) is -0.0465. The summed E-state index contributed by atoms with van der Waals surface area (Å²) in [4.78, 5) is 3.31. The second-order valence-corrected chi connectivity index (χ2v) is 2.88. The number of halogens is 3. The SMILES string of the molecule is [CH2]C(C)c1ccc(C(F)(F)F)nc1. The van der Waals surface area contributed by atoms with Gasteiger partial charge in [-0.2, -0.15) is 13.2 Å². The first-order valence-electron chi connectivity index (χ1n) is 3.77.